The number of carbonyl (C=O) groups is 2. The van der Waals surface area contributed by atoms with E-state index in [1.807, 2.05) is 0 Å². The zero-order valence-corrected chi connectivity index (χ0v) is 13.5. The fourth-order valence-corrected chi connectivity index (χ4v) is 2.44. The maximum atomic E-state index is 11.8. The van der Waals surface area contributed by atoms with Crippen LogP contribution in [0.25, 0.3) is 11.0 Å². The Morgan fingerprint density at radius 3 is 2.58 bits per heavy atom. The molecule has 0 atom stereocenters. The lowest BCUT2D eigenvalue weighted by Crippen LogP contribution is -2.08. The van der Waals surface area contributed by atoms with Crippen LogP contribution >= 0.6 is 0 Å². The summed E-state index contributed by atoms with van der Waals surface area (Å²) in [5.41, 5.74) is -0.831. The van der Waals surface area contributed by atoms with Gasteiger partial charge in [-0.25, -0.2) is 9.59 Å². The van der Waals surface area contributed by atoms with Gasteiger partial charge in [-0.3, -0.25) is 4.79 Å². The molecule has 0 saturated heterocycles. The highest BCUT2D eigenvalue weighted by molar-refractivity contribution is 6.01. The summed E-state index contributed by atoms with van der Waals surface area (Å²) < 4.78 is 10.2. The van der Waals surface area contributed by atoms with E-state index in [0.717, 1.165) is 38.2 Å². The number of fused-ring (bicyclic) bond motifs is 1. The Morgan fingerprint density at radius 1 is 1.12 bits per heavy atom. The molecule has 6 nitrogen and oxygen atoms in total. The van der Waals surface area contributed by atoms with Crippen molar-refractivity contribution in [2.45, 2.75) is 45.4 Å². The zero-order valence-electron chi connectivity index (χ0n) is 13.5. The van der Waals surface area contributed by atoms with Gasteiger partial charge in [0, 0.05) is 23.9 Å². The molecule has 6 heteroatoms. The van der Waals surface area contributed by atoms with Gasteiger partial charge >= 0.3 is 17.6 Å². The summed E-state index contributed by atoms with van der Waals surface area (Å²) >= 11 is 0. The van der Waals surface area contributed by atoms with Crippen molar-refractivity contribution in [2.24, 2.45) is 0 Å². The molecule has 24 heavy (non-hydrogen) atoms. The molecule has 1 aromatic carbocycles. The monoisotopic (exact) mass is 332 g/mol. The second-order valence-corrected chi connectivity index (χ2v) is 5.58. The van der Waals surface area contributed by atoms with Crippen LogP contribution in [0.15, 0.2) is 33.5 Å². The quantitative estimate of drug-likeness (QED) is 0.342. The summed E-state index contributed by atoms with van der Waals surface area (Å²) in [4.78, 5) is 34.4. The molecule has 0 bridgehead atoms. The van der Waals surface area contributed by atoms with Gasteiger partial charge in [-0.15, -0.1) is 0 Å². The fraction of sp³-hybridized carbons (Fsp3) is 0.389. The molecule has 0 aliphatic heterocycles. The van der Waals surface area contributed by atoms with Gasteiger partial charge in [0.15, 0.2) is 0 Å². The van der Waals surface area contributed by atoms with Gasteiger partial charge in [0.05, 0.1) is 5.56 Å². The molecule has 1 N–H and O–H groups in total. The van der Waals surface area contributed by atoms with E-state index in [4.69, 9.17) is 14.3 Å². The second-order valence-electron chi connectivity index (χ2n) is 5.58. The molecule has 0 aliphatic carbocycles. The van der Waals surface area contributed by atoms with E-state index in [1.165, 1.54) is 18.2 Å². The third kappa shape index (κ3) is 4.68. The molecule has 1 aromatic heterocycles. The number of benzene rings is 1. The Labute approximate surface area is 139 Å². The number of aromatic carboxylic acids is 1. The molecule has 1 heterocycles. The standard InChI is InChI=1S/C18H20O6/c1-2-3-4-5-6-7-16(19)23-12-8-9-13-14(18(21)22)11-17(20)24-15(13)10-12/h8-11H,2-7H2,1H3,(H,21,22). The number of hydrogen-bond donors (Lipinski definition) is 1. The Hall–Kier alpha value is -2.63. The third-order valence-electron chi connectivity index (χ3n) is 3.66. The zero-order chi connectivity index (χ0) is 17.5. The lowest BCUT2D eigenvalue weighted by molar-refractivity contribution is -0.134. The van der Waals surface area contributed by atoms with E-state index in [2.05, 4.69) is 6.92 Å². The summed E-state index contributed by atoms with van der Waals surface area (Å²) in [7, 11) is 0. The number of ether oxygens (including phenoxy) is 1. The summed E-state index contributed by atoms with van der Waals surface area (Å²) in [6, 6.07) is 5.24. The molecule has 0 saturated carbocycles. The van der Waals surface area contributed by atoms with Gasteiger partial charge in [0.1, 0.15) is 11.3 Å². The van der Waals surface area contributed by atoms with Gasteiger partial charge < -0.3 is 14.3 Å². The minimum Gasteiger partial charge on any atom is -0.478 e. The van der Waals surface area contributed by atoms with Crippen LogP contribution in [-0.4, -0.2) is 17.0 Å². The summed E-state index contributed by atoms with van der Waals surface area (Å²) in [6.45, 7) is 2.13. The number of carbonyl (C=O) groups excluding carboxylic acids is 1. The van der Waals surface area contributed by atoms with Gasteiger partial charge in [-0.05, 0) is 18.6 Å². The van der Waals surface area contributed by atoms with Crippen LogP contribution in [-0.2, 0) is 4.79 Å². The topological polar surface area (TPSA) is 93.8 Å². The molecule has 0 spiro atoms. The maximum Gasteiger partial charge on any atom is 0.337 e. The van der Waals surface area contributed by atoms with E-state index in [0.29, 0.717) is 6.42 Å². The smallest absolute Gasteiger partial charge is 0.337 e. The van der Waals surface area contributed by atoms with Crippen LogP contribution in [0.3, 0.4) is 0 Å². The highest BCUT2D eigenvalue weighted by Gasteiger charge is 2.13. The van der Waals surface area contributed by atoms with Gasteiger partial charge in [0.2, 0.25) is 0 Å². The molecule has 0 radical (unpaired) electrons. The number of unbranched alkanes of at least 4 members (excludes halogenated alkanes) is 4. The Balaban J connectivity index is 2.07. The molecule has 128 valence electrons. The fourth-order valence-electron chi connectivity index (χ4n) is 2.44. The molecule has 0 fully saturated rings. The highest BCUT2D eigenvalue weighted by atomic mass is 16.5. The first-order chi connectivity index (χ1) is 11.5. The number of hydrogen-bond acceptors (Lipinski definition) is 5. The lowest BCUT2D eigenvalue weighted by Gasteiger charge is -2.06. The predicted molar refractivity (Wildman–Crippen MR) is 88.5 cm³/mol. The summed E-state index contributed by atoms with van der Waals surface area (Å²) in [5.74, 6) is -1.35. The van der Waals surface area contributed by atoms with Crippen LogP contribution < -0.4 is 10.4 Å². The molecule has 0 amide bonds. The number of esters is 1. The average Bonchev–Trinajstić information content (AvgIpc) is 2.53. The van der Waals surface area contributed by atoms with Gasteiger partial charge in [-0.1, -0.05) is 32.6 Å². The van der Waals surface area contributed by atoms with Crippen molar-refractivity contribution >= 4 is 22.9 Å². The second kappa shape index (κ2) is 8.29. The normalized spacial score (nSPS) is 10.7. The molecule has 2 aromatic rings. The first-order valence-corrected chi connectivity index (χ1v) is 8.03. The van der Waals surface area contributed by atoms with E-state index in [-0.39, 0.29) is 28.3 Å². The van der Waals surface area contributed by atoms with E-state index in [1.54, 1.807) is 0 Å². The van der Waals surface area contributed by atoms with Crippen molar-refractivity contribution < 1.29 is 23.8 Å². The van der Waals surface area contributed by atoms with Crippen molar-refractivity contribution in [2.75, 3.05) is 0 Å². The maximum absolute atomic E-state index is 11.8. The molecule has 0 aliphatic rings. The van der Waals surface area contributed by atoms with E-state index >= 15 is 0 Å². The van der Waals surface area contributed by atoms with E-state index in [9.17, 15) is 14.4 Å². The Bertz CT molecular complexity index is 790. The average molecular weight is 332 g/mol. The van der Waals surface area contributed by atoms with Gasteiger partial charge in [-0.2, -0.15) is 0 Å². The lowest BCUT2D eigenvalue weighted by atomic mass is 10.1. The van der Waals surface area contributed by atoms with Crippen molar-refractivity contribution in [3.05, 3.63) is 40.2 Å². The molecule has 2 rings (SSSR count). The van der Waals surface area contributed by atoms with E-state index < -0.39 is 11.6 Å². The molecular weight excluding hydrogens is 312 g/mol. The van der Waals surface area contributed by atoms with Crippen molar-refractivity contribution in [1.82, 2.24) is 0 Å². The molecule has 0 unspecified atom stereocenters. The summed E-state index contributed by atoms with van der Waals surface area (Å²) in [6.07, 6.45) is 5.47. The highest BCUT2D eigenvalue weighted by Crippen LogP contribution is 2.23. The molecular formula is C18H20O6. The minimum atomic E-state index is -1.22. The largest absolute Gasteiger partial charge is 0.478 e. The van der Waals surface area contributed by atoms with Crippen molar-refractivity contribution in [3.63, 3.8) is 0 Å². The number of carboxylic acids is 1. The van der Waals surface area contributed by atoms with Crippen LogP contribution in [0.4, 0.5) is 0 Å². The van der Waals surface area contributed by atoms with Gasteiger partial charge in [0.25, 0.3) is 0 Å². The minimum absolute atomic E-state index is 0.0770. The first-order valence-electron chi connectivity index (χ1n) is 8.03. The van der Waals surface area contributed by atoms with Crippen LogP contribution in [0.2, 0.25) is 0 Å². The van der Waals surface area contributed by atoms with Crippen molar-refractivity contribution in [1.29, 1.82) is 0 Å². The van der Waals surface area contributed by atoms with Crippen LogP contribution in [0.5, 0.6) is 5.75 Å². The van der Waals surface area contributed by atoms with Crippen LogP contribution in [0.1, 0.15) is 55.8 Å². The Morgan fingerprint density at radius 2 is 1.88 bits per heavy atom. The van der Waals surface area contributed by atoms with Crippen molar-refractivity contribution in [3.8, 4) is 5.75 Å². The third-order valence-corrected chi connectivity index (χ3v) is 3.66. The number of rotatable bonds is 8. The Kier molecular flexibility index (Phi) is 6.12. The first kappa shape index (κ1) is 17.7. The predicted octanol–water partition coefficient (Wildman–Crippen LogP) is 3.76. The van der Waals surface area contributed by atoms with Crippen LogP contribution in [0, 0.1) is 0 Å². The summed E-state index contributed by atoms with van der Waals surface area (Å²) in [5, 5.41) is 9.39. The number of carboxylic acid groups (broad SMARTS) is 1. The SMILES string of the molecule is CCCCCCCC(=O)Oc1ccc2c(C(=O)O)cc(=O)oc2c1.